The SMILES string of the molecule is CCOC(=O)CC(C)c1cc(N)c2c(c1)[C@H](c1ccccc1)[C@@H](C1CC1)O2. The molecule has 142 valence electrons. The molecule has 2 aromatic rings. The first kappa shape index (κ1) is 17.9. The number of hydrogen-bond donors (Lipinski definition) is 1. The van der Waals surface area contributed by atoms with Crippen molar-refractivity contribution in [3.05, 3.63) is 59.2 Å². The first-order valence-electron chi connectivity index (χ1n) is 9.89. The van der Waals surface area contributed by atoms with Gasteiger partial charge in [-0.3, -0.25) is 4.79 Å². The summed E-state index contributed by atoms with van der Waals surface area (Å²) in [6.07, 6.45) is 2.94. The zero-order valence-electron chi connectivity index (χ0n) is 16.0. The molecule has 0 amide bonds. The van der Waals surface area contributed by atoms with Crippen LogP contribution < -0.4 is 10.5 Å². The molecule has 0 spiro atoms. The zero-order chi connectivity index (χ0) is 19.0. The lowest BCUT2D eigenvalue weighted by Crippen LogP contribution is -2.22. The van der Waals surface area contributed by atoms with Crippen LogP contribution in [0, 0.1) is 5.92 Å². The molecule has 1 unspecified atom stereocenters. The molecule has 1 saturated carbocycles. The maximum atomic E-state index is 11.9. The lowest BCUT2D eigenvalue weighted by Gasteiger charge is -2.19. The number of carbonyl (C=O) groups excluding carboxylic acids is 1. The van der Waals surface area contributed by atoms with E-state index in [1.54, 1.807) is 0 Å². The number of ether oxygens (including phenoxy) is 2. The average molecular weight is 365 g/mol. The van der Waals surface area contributed by atoms with E-state index < -0.39 is 0 Å². The second-order valence-corrected chi connectivity index (χ2v) is 7.75. The monoisotopic (exact) mass is 365 g/mol. The van der Waals surface area contributed by atoms with E-state index in [1.807, 2.05) is 26.0 Å². The molecule has 1 heterocycles. The fourth-order valence-corrected chi connectivity index (χ4v) is 4.14. The minimum Gasteiger partial charge on any atom is -0.487 e. The van der Waals surface area contributed by atoms with Crippen molar-refractivity contribution in [2.75, 3.05) is 12.3 Å². The molecule has 2 aromatic carbocycles. The molecular weight excluding hydrogens is 338 g/mol. The highest BCUT2D eigenvalue weighted by atomic mass is 16.5. The number of fused-ring (bicyclic) bond motifs is 1. The third-order valence-electron chi connectivity index (χ3n) is 5.68. The third kappa shape index (κ3) is 3.53. The van der Waals surface area contributed by atoms with Gasteiger partial charge in [0.25, 0.3) is 0 Å². The molecule has 1 fully saturated rings. The van der Waals surface area contributed by atoms with Gasteiger partial charge in [0.2, 0.25) is 0 Å². The van der Waals surface area contributed by atoms with E-state index in [0.717, 1.165) is 16.9 Å². The second kappa shape index (κ2) is 7.26. The smallest absolute Gasteiger partial charge is 0.306 e. The Balaban J connectivity index is 1.69. The Hall–Kier alpha value is -2.49. The van der Waals surface area contributed by atoms with Crippen LogP contribution in [0.4, 0.5) is 5.69 Å². The molecule has 0 radical (unpaired) electrons. The maximum Gasteiger partial charge on any atom is 0.306 e. The summed E-state index contributed by atoms with van der Waals surface area (Å²) in [4.78, 5) is 11.9. The van der Waals surface area contributed by atoms with Crippen molar-refractivity contribution in [2.24, 2.45) is 5.92 Å². The Kier molecular flexibility index (Phi) is 4.81. The Morgan fingerprint density at radius 2 is 2.00 bits per heavy atom. The largest absolute Gasteiger partial charge is 0.487 e. The van der Waals surface area contributed by atoms with Gasteiger partial charge in [0.1, 0.15) is 11.9 Å². The number of anilines is 1. The Morgan fingerprint density at radius 3 is 2.67 bits per heavy atom. The van der Waals surface area contributed by atoms with Gasteiger partial charge in [0.05, 0.1) is 18.7 Å². The van der Waals surface area contributed by atoms with Crippen molar-refractivity contribution in [3.63, 3.8) is 0 Å². The van der Waals surface area contributed by atoms with Gasteiger partial charge in [-0.1, -0.05) is 43.3 Å². The van der Waals surface area contributed by atoms with Gasteiger partial charge in [-0.05, 0) is 48.8 Å². The molecule has 3 atom stereocenters. The van der Waals surface area contributed by atoms with Gasteiger partial charge in [-0.25, -0.2) is 0 Å². The van der Waals surface area contributed by atoms with E-state index in [2.05, 4.69) is 30.3 Å². The highest BCUT2D eigenvalue weighted by Crippen LogP contribution is 2.53. The molecule has 1 aliphatic heterocycles. The molecule has 4 nitrogen and oxygen atoms in total. The minimum atomic E-state index is -0.171. The van der Waals surface area contributed by atoms with Crippen molar-refractivity contribution < 1.29 is 14.3 Å². The number of rotatable bonds is 6. The normalized spacial score (nSPS) is 22.0. The highest BCUT2D eigenvalue weighted by molar-refractivity contribution is 5.71. The molecule has 4 rings (SSSR count). The fraction of sp³-hybridized carbons (Fsp3) is 0.435. The predicted molar refractivity (Wildman–Crippen MR) is 106 cm³/mol. The number of nitrogens with two attached hydrogens (primary N) is 1. The summed E-state index contributed by atoms with van der Waals surface area (Å²) in [5, 5.41) is 0. The van der Waals surface area contributed by atoms with E-state index >= 15 is 0 Å². The number of carbonyl (C=O) groups is 1. The molecule has 2 N–H and O–H groups in total. The molecule has 1 aliphatic carbocycles. The molecule has 0 saturated heterocycles. The van der Waals surface area contributed by atoms with E-state index in [4.69, 9.17) is 15.2 Å². The summed E-state index contributed by atoms with van der Waals surface area (Å²) < 4.78 is 11.5. The standard InChI is InChI=1S/C23H27NO3/c1-3-26-20(25)11-14(2)17-12-18-21(15-7-5-4-6-8-15)22(16-9-10-16)27-23(18)19(24)13-17/h4-8,12-14,16,21-22H,3,9-11,24H2,1-2H3/t14?,21-,22+/m0/s1. The van der Waals surface area contributed by atoms with Crippen molar-refractivity contribution in [1.29, 1.82) is 0 Å². The fourth-order valence-electron chi connectivity index (χ4n) is 4.14. The highest BCUT2D eigenvalue weighted by Gasteiger charge is 2.45. The van der Waals surface area contributed by atoms with Crippen LogP contribution in [0.1, 0.15) is 61.6 Å². The van der Waals surface area contributed by atoms with Gasteiger partial charge in [-0.2, -0.15) is 0 Å². The number of benzene rings is 2. The lowest BCUT2D eigenvalue weighted by atomic mass is 9.84. The molecule has 2 aliphatic rings. The Labute approximate surface area is 160 Å². The van der Waals surface area contributed by atoms with Crippen LogP contribution in [-0.2, 0) is 9.53 Å². The van der Waals surface area contributed by atoms with Crippen LogP contribution in [0.2, 0.25) is 0 Å². The summed E-state index contributed by atoms with van der Waals surface area (Å²) in [5.74, 6) is 1.50. The van der Waals surface area contributed by atoms with Crippen LogP contribution in [0.15, 0.2) is 42.5 Å². The first-order chi connectivity index (χ1) is 13.1. The number of nitrogen functional groups attached to an aromatic ring is 1. The molecule has 27 heavy (non-hydrogen) atoms. The van der Waals surface area contributed by atoms with Crippen LogP contribution in [0.25, 0.3) is 0 Å². The van der Waals surface area contributed by atoms with E-state index in [9.17, 15) is 4.79 Å². The van der Waals surface area contributed by atoms with Crippen LogP contribution in [0.5, 0.6) is 5.75 Å². The first-order valence-corrected chi connectivity index (χ1v) is 9.89. The quantitative estimate of drug-likeness (QED) is 0.599. The summed E-state index contributed by atoms with van der Waals surface area (Å²) in [6.45, 7) is 4.28. The second-order valence-electron chi connectivity index (χ2n) is 7.75. The third-order valence-corrected chi connectivity index (χ3v) is 5.68. The van der Waals surface area contributed by atoms with Crippen LogP contribution in [0.3, 0.4) is 0 Å². The molecular formula is C23H27NO3. The van der Waals surface area contributed by atoms with E-state index in [1.165, 1.54) is 18.4 Å². The molecule has 0 bridgehead atoms. The predicted octanol–water partition coefficient (Wildman–Crippen LogP) is 4.63. The maximum absolute atomic E-state index is 11.9. The molecule has 0 aromatic heterocycles. The molecule has 4 heteroatoms. The topological polar surface area (TPSA) is 61.5 Å². The zero-order valence-corrected chi connectivity index (χ0v) is 16.0. The average Bonchev–Trinajstić information content (AvgIpc) is 3.42. The van der Waals surface area contributed by atoms with Crippen molar-refractivity contribution in [3.8, 4) is 5.75 Å². The van der Waals surface area contributed by atoms with E-state index in [-0.39, 0.29) is 23.9 Å². The van der Waals surface area contributed by atoms with Gasteiger partial charge in [0.15, 0.2) is 0 Å². The number of hydrogen-bond acceptors (Lipinski definition) is 4. The van der Waals surface area contributed by atoms with Gasteiger partial charge >= 0.3 is 5.97 Å². The van der Waals surface area contributed by atoms with E-state index in [0.29, 0.717) is 24.6 Å². The lowest BCUT2D eigenvalue weighted by molar-refractivity contribution is -0.143. The van der Waals surface area contributed by atoms with Gasteiger partial charge in [0, 0.05) is 11.5 Å². The summed E-state index contributed by atoms with van der Waals surface area (Å²) in [6, 6.07) is 14.7. The summed E-state index contributed by atoms with van der Waals surface area (Å²) in [5.41, 5.74) is 10.5. The van der Waals surface area contributed by atoms with Gasteiger partial charge in [-0.15, -0.1) is 0 Å². The van der Waals surface area contributed by atoms with Crippen LogP contribution >= 0.6 is 0 Å². The van der Waals surface area contributed by atoms with Crippen molar-refractivity contribution in [2.45, 2.75) is 51.0 Å². The van der Waals surface area contributed by atoms with Crippen LogP contribution in [-0.4, -0.2) is 18.7 Å². The Bertz CT molecular complexity index is 829. The summed E-state index contributed by atoms with van der Waals surface area (Å²) in [7, 11) is 0. The number of esters is 1. The van der Waals surface area contributed by atoms with Crippen molar-refractivity contribution in [1.82, 2.24) is 0 Å². The Morgan fingerprint density at radius 1 is 1.26 bits per heavy atom. The summed E-state index contributed by atoms with van der Waals surface area (Å²) >= 11 is 0. The van der Waals surface area contributed by atoms with Gasteiger partial charge < -0.3 is 15.2 Å². The minimum absolute atomic E-state index is 0.0491. The van der Waals surface area contributed by atoms with Crippen molar-refractivity contribution >= 4 is 11.7 Å².